The first kappa shape index (κ1) is 14.9. The van der Waals surface area contributed by atoms with Gasteiger partial charge < -0.3 is 9.72 Å². The zero-order valence-corrected chi connectivity index (χ0v) is 12.6. The Balaban J connectivity index is 1.75. The molecule has 6 heteroatoms. The second kappa shape index (κ2) is 6.39. The summed E-state index contributed by atoms with van der Waals surface area (Å²) in [6.07, 6.45) is 6.67. The summed E-state index contributed by atoms with van der Waals surface area (Å²) in [5, 5.41) is 0.838. The number of ether oxygens (including phenoxy) is 1. The maximum Gasteiger partial charge on any atom is 0.358 e. The highest BCUT2D eigenvalue weighted by atomic mass is 16.5. The summed E-state index contributed by atoms with van der Waals surface area (Å²) < 4.78 is 5.01. The molecular weight excluding hydrogens is 294 g/mol. The van der Waals surface area contributed by atoms with Gasteiger partial charge in [0.15, 0.2) is 12.3 Å². The second-order valence-electron chi connectivity index (χ2n) is 4.99. The van der Waals surface area contributed by atoms with Crippen LogP contribution in [0.5, 0.6) is 0 Å². The van der Waals surface area contributed by atoms with Gasteiger partial charge in [-0.3, -0.25) is 9.78 Å². The minimum atomic E-state index is -0.666. The van der Waals surface area contributed by atoms with Crippen molar-refractivity contribution in [3.05, 3.63) is 59.8 Å². The van der Waals surface area contributed by atoms with Gasteiger partial charge in [-0.15, -0.1) is 0 Å². The summed E-state index contributed by atoms with van der Waals surface area (Å²) in [6, 6.07) is 5.81. The summed E-state index contributed by atoms with van der Waals surface area (Å²) in [6.45, 7) is 1.72. The van der Waals surface area contributed by atoms with E-state index in [9.17, 15) is 9.59 Å². The monoisotopic (exact) mass is 309 g/mol. The van der Waals surface area contributed by atoms with Crippen LogP contribution in [0, 0.1) is 0 Å². The number of aryl methyl sites for hydroxylation is 1. The molecule has 0 fully saturated rings. The number of Topliss-reactive ketones (excluding diaryl/α,β-unsaturated/α-hetero) is 1. The SMILES string of the molecule is CCc1cccc2c(C(=O)COC(=O)c3cnccn3)c[nH]c12. The van der Waals surface area contributed by atoms with Crippen molar-refractivity contribution in [2.24, 2.45) is 0 Å². The predicted octanol–water partition coefficient (Wildman–Crippen LogP) is 2.56. The molecule has 2 heterocycles. The normalized spacial score (nSPS) is 10.7. The maximum absolute atomic E-state index is 12.3. The minimum absolute atomic E-state index is 0.0764. The van der Waals surface area contributed by atoms with Gasteiger partial charge in [-0.1, -0.05) is 25.1 Å². The minimum Gasteiger partial charge on any atom is -0.453 e. The third-order valence-corrected chi connectivity index (χ3v) is 3.59. The number of aromatic amines is 1. The number of para-hydroxylation sites is 1. The molecule has 0 saturated heterocycles. The first-order valence-electron chi connectivity index (χ1n) is 7.26. The molecule has 0 spiro atoms. The van der Waals surface area contributed by atoms with Crippen molar-refractivity contribution in [2.45, 2.75) is 13.3 Å². The lowest BCUT2D eigenvalue weighted by Crippen LogP contribution is -2.15. The quantitative estimate of drug-likeness (QED) is 0.578. The first-order chi connectivity index (χ1) is 11.2. The molecule has 1 aromatic carbocycles. The molecule has 3 rings (SSSR count). The number of hydrogen-bond donors (Lipinski definition) is 1. The lowest BCUT2D eigenvalue weighted by Gasteiger charge is -2.03. The van der Waals surface area contributed by atoms with E-state index < -0.39 is 5.97 Å². The summed E-state index contributed by atoms with van der Waals surface area (Å²) in [4.78, 5) is 34.9. The fraction of sp³-hybridized carbons (Fsp3) is 0.176. The van der Waals surface area contributed by atoms with Crippen molar-refractivity contribution < 1.29 is 14.3 Å². The number of H-pyrrole nitrogens is 1. The van der Waals surface area contributed by atoms with Crippen LogP contribution in [0.2, 0.25) is 0 Å². The van der Waals surface area contributed by atoms with Gasteiger partial charge >= 0.3 is 5.97 Å². The summed E-state index contributed by atoms with van der Waals surface area (Å²) in [5.41, 5.74) is 2.67. The number of hydrogen-bond acceptors (Lipinski definition) is 5. The first-order valence-corrected chi connectivity index (χ1v) is 7.26. The van der Waals surface area contributed by atoms with E-state index in [0.717, 1.165) is 22.9 Å². The Kier molecular flexibility index (Phi) is 4.14. The molecule has 0 aliphatic rings. The molecule has 6 nitrogen and oxygen atoms in total. The third kappa shape index (κ3) is 2.96. The van der Waals surface area contributed by atoms with Crippen LogP contribution in [0.1, 0.15) is 33.3 Å². The van der Waals surface area contributed by atoms with Gasteiger partial charge in [0.25, 0.3) is 0 Å². The van der Waals surface area contributed by atoms with Crippen molar-refractivity contribution >= 4 is 22.7 Å². The molecule has 2 aromatic heterocycles. The molecule has 0 aliphatic carbocycles. The molecular formula is C17H15N3O3. The average Bonchev–Trinajstić information content (AvgIpc) is 3.04. The van der Waals surface area contributed by atoms with Crippen LogP contribution in [-0.2, 0) is 11.2 Å². The lowest BCUT2D eigenvalue weighted by molar-refractivity contribution is 0.0469. The number of fused-ring (bicyclic) bond motifs is 1. The van der Waals surface area contributed by atoms with Gasteiger partial charge in [-0.25, -0.2) is 9.78 Å². The summed E-state index contributed by atoms with van der Waals surface area (Å²) in [5.74, 6) is -0.928. The van der Waals surface area contributed by atoms with Crippen molar-refractivity contribution in [2.75, 3.05) is 6.61 Å². The Labute approximate surface area is 132 Å². The van der Waals surface area contributed by atoms with E-state index in [4.69, 9.17) is 4.74 Å². The Morgan fingerprint density at radius 2 is 2.13 bits per heavy atom. The Morgan fingerprint density at radius 3 is 2.87 bits per heavy atom. The van der Waals surface area contributed by atoms with Crippen LogP contribution in [0.15, 0.2) is 43.0 Å². The van der Waals surface area contributed by atoms with E-state index in [0.29, 0.717) is 5.56 Å². The van der Waals surface area contributed by atoms with Gasteiger partial charge in [0, 0.05) is 35.1 Å². The largest absolute Gasteiger partial charge is 0.453 e. The van der Waals surface area contributed by atoms with Crippen LogP contribution >= 0.6 is 0 Å². The zero-order chi connectivity index (χ0) is 16.2. The van der Waals surface area contributed by atoms with Crippen molar-refractivity contribution in [1.29, 1.82) is 0 Å². The molecule has 0 radical (unpaired) electrons. The number of aromatic nitrogens is 3. The van der Waals surface area contributed by atoms with Crippen LogP contribution < -0.4 is 0 Å². The van der Waals surface area contributed by atoms with Crippen LogP contribution in [0.4, 0.5) is 0 Å². The molecule has 0 atom stereocenters. The van der Waals surface area contributed by atoms with Gasteiger partial charge in [-0.2, -0.15) is 0 Å². The number of rotatable bonds is 5. The number of nitrogens with zero attached hydrogens (tertiary/aromatic N) is 2. The van der Waals surface area contributed by atoms with E-state index in [2.05, 4.69) is 21.9 Å². The van der Waals surface area contributed by atoms with Crippen molar-refractivity contribution in [3.8, 4) is 0 Å². The third-order valence-electron chi connectivity index (χ3n) is 3.59. The number of ketones is 1. The molecule has 0 unspecified atom stereocenters. The molecule has 3 aromatic rings. The Bertz CT molecular complexity index is 856. The molecule has 23 heavy (non-hydrogen) atoms. The molecule has 0 amide bonds. The highest BCUT2D eigenvalue weighted by Crippen LogP contribution is 2.22. The smallest absolute Gasteiger partial charge is 0.358 e. The number of carbonyl (C=O) groups excluding carboxylic acids is 2. The molecule has 1 N–H and O–H groups in total. The van der Waals surface area contributed by atoms with Crippen LogP contribution in [0.25, 0.3) is 10.9 Å². The fourth-order valence-electron chi connectivity index (χ4n) is 2.43. The zero-order valence-electron chi connectivity index (χ0n) is 12.6. The van der Waals surface area contributed by atoms with E-state index in [1.807, 2.05) is 18.2 Å². The highest BCUT2D eigenvalue weighted by Gasteiger charge is 2.16. The van der Waals surface area contributed by atoms with Gasteiger partial charge in [0.1, 0.15) is 0 Å². The van der Waals surface area contributed by atoms with Crippen molar-refractivity contribution in [3.63, 3.8) is 0 Å². The predicted molar refractivity (Wildman–Crippen MR) is 84.3 cm³/mol. The van der Waals surface area contributed by atoms with Crippen LogP contribution in [0.3, 0.4) is 0 Å². The van der Waals surface area contributed by atoms with Crippen molar-refractivity contribution in [1.82, 2.24) is 15.0 Å². The Morgan fingerprint density at radius 1 is 1.26 bits per heavy atom. The van der Waals surface area contributed by atoms with E-state index >= 15 is 0 Å². The topological polar surface area (TPSA) is 84.9 Å². The molecule has 0 aliphatic heterocycles. The van der Waals surface area contributed by atoms with E-state index in [1.165, 1.54) is 18.6 Å². The number of benzene rings is 1. The average molecular weight is 309 g/mol. The lowest BCUT2D eigenvalue weighted by atomic mass is 10.1. The van der Waals surface area contributed by atoms with Gasteiger partial charge in [0.2, 0.25) is 5.78 Å². The van der Waals surface area contributed by atoms with Gasteiger partial charge in [0.05, 0.1) is 6.20 Å². The summed E-state index contributed by atoms with van der Waals surface area (Å²) >= 11 is 0. The van der Waals surface area contributed by atoms with E-state index in [-0.39, 0.29) is 18.1 Å². The van der Waals surface area contributed by atoms with E-state index in [1.54, 1.807) is 6.20 Å². The standard InChI is InChI=1S/C17H15N3O3/c1-2-11-4-3-5-12-13(8-20-16(11)12)15(21)10-23-17(22)14-9-18-6-7-19-14/h3-9,20H,2,10H2,1H3. The maximum atomic E-state index is 12.3. The Hall–Kier alpha value is -3.02. The molecule has 0 saturated carbocycles. The summed E-state index contributed by atoms with van der Waals surface area (Å²) in [7, 11) is 0. The molecule has 0 bridgehead atoms. The van der Waals surface area contributed by atoms with Gasteiger partial charge in [-0.05, 0) is 12.0 Å². The highest BCUT2D eigenvalue weighted by molar-refractivity contribution is 6.09. The number of nitrogens with one attached hydrogen (secondary N) is 1. The second-order valence-corrected chi connectivity index (χ2v) is 4.99. The van der Waals surface area contributed by atoms with Crippen LogP contribution in [-0.4, -0.2) is 33.3 Å². The number of esters is 1. The molecule has 116 valence electrons. The number of carbonyl (C=O) groups is 2. The fourth-order valence-corrected chi connectivity index (χ4v) is 2.43.